The van der Waals surface area contributed by atoms with E-state index in [1.807, 2.05) is 0 Å². The average molecular weight is 321 g/mol. The number of ether oxygens (including phenoxy) is 2. The van der Waals surface area contributed by atoms with Crippen molar-refractivity contribution in [3.8, 4) is 5.75 Å². The third kappa shape index (κ3) is 4.21. The fourth-order valence-electron chi connectivity index (χ4n) is 2.47. The second kappa shape index (κ2) is 7.62. The molecule has 23 heavy (non-hydrogen) atoms. The van der Waals surface area contributed by atoms with E-state index in [0.717, 1.165) is 0 Å². The van der Waals surface area contributed by atoms with Crippen LogP contribution in [0.25, 0.3) is 0 Å². The summed E-state index contributed by atoms with van der Waals surface area (Å²) in [6, 6.07) is 5.97. The number of methoxy groups -OCH3 is 1. The van der Waals surface area contributed by atoms with Gasteiger partial charge in [0.2, 0.25) is 0 Å². The number of phenolic OH excluding ortho intramolecular Hbond substituents is 1. The number of hydrogen-bond acceptors (Lipinski definition) is 6. The van der Waals surface area contributed by atoms with Crippen molar-refractivity contribution in [2.75, 3.05) is 26.8 Å². The first kappa shape index (κ1) is 16.8. The number of esters is 2. The van der Waals surface area contributed by atoms with Crippen LogP contribution in [-0.4, -0.2) is 54.7 Å². The Kier molecular flexibility index (Phi) is 5.56. The van der Waals surface area contributed by atoms with Crippen LogP contribution < -0.4 is 0 Å². The maximum Gasteiger partial charge on any atom is 0.342 e. The molecule has 0 radical (unpaired) electrons. The molecule has 1 aliphatic heterocycles. The summed E-state index contributed by atoms with van der Waals surface area (Å²) in [5.41, 5.74) is 0.0182. The largest absolute Gasteiger partial charge is 0.507 e. The van der Waals surface area contributed by atoms with E-state index in [9.17, 15) is 19.5 Å². The van der Waals surface area contributed by atoms with E-state index in [-0.39, 0.29) is 29.1 Å². The van der Waals surface area contributed by atoms with Crippen LogP contribution in [0.1, 0.15) is 23.2 Å². The summed E-state index contributed by atoms with van der Waals surface area (Å²) in [6.45, 7) is 0.454. The summed E-state index contributed by atoms with van der Waals surface area (Å²) < 4.78 is 9.63. The minimum absolute atomic E-state index is 0.0182. The van der Waals surface area contributed by atoms with Crippen LogP contribution in [0.4, 0.5) is 0 Å². The second-order valence-corrected chi connectivity index (χ2v) is 5.27. The minimum atomic E-state index is -0.749. The van der Waals surface area contributed by atoms with E-state index in [1.54, 1.807) is 17.0 Å². The number of piperidine rings is 1. The van der Waals surface area contributed by atoms with Gasteiger partial charge < -0.3 is 19.5 Å². The van der Waals surface area contributed by atoms with Crippen molar-refractivity contribution in [3.05, 3.63) is 29.8 Å². The first-order valence-electron chi connectivity index (χ1n) is 7.33. The van der Waals surface area contributed by atoms with Crippen LogP contribution in [0.2, 0.25) is 0 Å². The molecule has 1 N–H and O–H groups in total. The second-order valence-electron chi connectivity index (χ2n) is 5.27. The summed E-state index contributed by atoms with van der Waals surface area (Å²) in [6.07, 6.45) is 1.07. The molecule has 124 valence electrons. The van der Waals surface area contributed by atoms with Gasteiger partial charge in [0.1, 0.15) is 11.3 Å². The van der Waals surface area contributed by atoms with Gasteiger partial charge in [-0.15, -0.1) is 0 Å². The van der Waals surface area contributed by atoms with Crippen molar-refractivity contribution in [1.82, 2.24) is 4.90 Å². The summed E-state index contributed by atoms with van der Waals surface area (Å²) in [7, 11) is 1.35. The van der Waals surface area contributed by atoms with E-state index in [2.05, 4.69) is 4.74 Å². The molecule has 7 nitrogen and oxygen atoms in total. The number of benzene rings is 1. The third-order valence-electron chi connectivity index (χ3n) is 3.83. The number of para-hydroxylation sites is 1. The van der Waals surface area contributed by atoms with Crippen LogP contribution in [0.15, 0.2) is 24.3 Å². The van der Waals surface area contributed by atoms with E-state index in [0.29, 0.717) is 25.9 Å². The van der Waals surface area contributed by atoms with Crippen molar-refractivity contribution < 1.29 is 29.0 Å². The quantitative estimate of drug-likeness (QED) is 0.830. The molecule has 0 atom stereocenters. The first-order valence-corrected chi connectivity index (χ1v) is 7.33. The van der Waals surface area contributed by atoms with Crippen molar-refractivity contribution in [2.45, 2.75) is 12.8 Å². The number of carbonyl (C=O) groups is 3. The number of likely N-dealkylation sites (tertiary alicyclic amines) is 1. The van der Waals surface area contributed by atoms with Crippen LogP contribution in [-0.2, 0) is 19.1 Å². The van der Waals surface area contributed by atoms with Crippen LogP contribution in [0, 0.1) is 5.92 Å². The van der Waals surface area contributed by atoms with Gasteiger partial charge in [-0.2, -0.15) is 0 Å². The van der Waals surface area contributed by atoms with E-state index in [1.165, 1.54) is 19.2 Å². The summed E-state index contributed by atoms with van der Waals surface area (Å²) in [4.78, 5) is 36.8. The predicted molar refractivity (Wildman–Crippen MR) is 79.7 cm³/mol. The average Bonchev–Trinajstić information content (AvgIpc) is 2.59. The molecule has 1 saturated heterocycles. The smallest absolute Gasteiger partial charge is 0.342 e. The Hall–Kier alpha value is -2.57. The fourth-order valence-corrected chi connectivity index (χ4v) is 2.47. The van der Waals surface area contributed by atoms with Gasteiger partial charge >= 0.3 is 11.9 Å². The van der Waals surface area contributed by atoms with Gasteiger partial charge in [-0.25, -0.2) is 4.79 Å². The Morgan fingerprint density at radius 1 is 1.22 bits per heavy atom. The molecule has 0 aliphatic carbocycles. The lowest BCUT2D eigenvalue weighted by molar-refractivity contribution is -0.149. The zero-order valence-corrected chi connectivity index (χ0v) is 12.9. The zero-order chi connectivity index (χ0) is 16.8. The standard InChI is InChI=1S/C16H19NO6/c1-22-15(20)11-6-8-17(9-7-11)14(19)10-23-16(21)12-4-2-3-5-13(12)18/h2-5,11,18H,6-10H2,1H3. The van der Waals surface area contributed by atoms with Crippen LogP contribution in [0.3, 0.4) is 0 Å². The lowest BCUT2D eigenvalue weighted by atomic mass is 9.97. The molecule has 1 fully saturated rings. The van der Waals surface area contributed by atoms with Gasteiger partial charge in [-0.05, 0) is 25.0 Å². The topological polar surface area (TPSA) is 93.1 Å². The van der Waals surface area contributed by atoms with Crippen molar-refractivity contribution >= 4 is 17.8 Å². The molecule has 0 unspecified atom stereocenters. The Bertz CT molecular complexity index is 592. The zero-order valence-electron chi connectivity index (χ0n) is 12.9. The molecule has 1 aromatic rings. The lowest BCUT2D eigenvalue weighted by Gasteiger charge is -2.30. The van der Waals surface area contributed by atoms with E-state index >= 15 is 0 Å². The number of aromatic hydroxyl groups is 1. The van der Waals surface area contributed by atoms with Gasteiger partial charge in [0, 0.05) is 13.1 Å². The molecule has 0 aromatic heterocycles. The SMILES string of the molecule is COC(=O)C1CCN(C(=O)COC(=O)c2ccccc2O)CC1. The third-order valence-corrected chi connectivity index (χ3v) is 3.83. The molecule has 1 heterocycles. The minimum Gasteiger partial charge on any atom is -0.507 e. The highest BCUT2D eigenvalue weighted by Crippen LogP contribution is 2.19. The number of phenols is 1. The number of hydrogen-bond donors (Lipinski definition) is 1. The van der Waals surface area contributed by atoms with Gasteiger partial charge in [0.05, 0.1) is 13.0 Å². The molecule has 2 rings (SSSR count). The Balaban J connectivity index is 1.81. The monoisotopic (exact) mass is 321 g/mol. The molecular formula is C16H19NO6. The van der Waals surface area contributed by atoms with Crippen molar-refractivity contribution in [2.24, 2.45) is 5.92 Å². The maximum absolute atomic E-state index is 12.0. The van der Waals surface area contributed by atoms with E-state index in [4.69, 9.17) is 4.74 Å². The molecule has 7 heteroatoms. The summed E-state index contributed by atoms with van der Waals surface area (Å²) in [5.74, 6) is -1.71. The number of carbonyl (C=O) groups excluding carboxylic acids is 3. The maximum atomic E-state index is 12.0. The summed E-state index contributed by atoms with van der Waals surface area (Å²) >= 11 is 0. The molecular weight excluding hydrogens is 302 g/mol. The number of nitrogens with zero attached hydrogens (tertiary/aromatic N) is 1. The highest BCUT2D eigenvalue weighted by molar-refractivity contribution is 5.93. The Morgan fingerprint density at radius 2 is 1.87 bits per heavy atom. The predicted octanol–water partition coefficient (Wildman–Crippen LogP) is 0.961. The first-order chi connectivity index (χ1) is 11.0. The molecule has 0 spiro atoms. The van der Waals surface area contributed by atoms with Crippen molar-refractivity contribution in [1.29, 1.82) is 0 Å². The highest BCUT2D eigenvalue weighted by Gasteiger charge is 2.28. The lowest BCUT2D eigenvalue weighted by Crippen LogP contribution is -2.42. The molecule has 1 aromatic carbocycles. The number of amides is 1. The van der Waals surface area contributed by atoms with Gasteiger partial charge in [0.25, 0.3) is 5.91 Å². The molecule has 1 amide bonds. The van der Waals surface area contributed by atoms with Gasteiger partial charge in [0.15, 0.2) is 6.61 Å². The van der Waals surface area contributed by atoms with E-state index < -0.39 is 12.6 Å². The van der Waals surface area contributed by atoms with Crippen LogP contribution in [0.5, 0.6) is 5.75 Å². The highest BCUT2D eigenvalue weighted by atomic mass is 16.5. The normalized spacial score (nSPS) is 15.1. The molecule has 0 bridgehead atoms. The Labute approximate surface area is 133 Å². The fraction of sp³-hybridized carbons (Fsp3) is 0.438. The Morgan fingerprint density at radius 3 is 2.48 bits per heavy atom. The summed E-state index contributed by atoms with van der Waals surface area (Å²) in [5, 5.41) is 9.56. The molecule has 1 aliphatic rings. The molecule has 0 saturated carbocycles. The van der Waals surface area contributed by atoms with Gasteiger partial charge in [-0.3, -0.25) is 9.59 Å². The van der Waals surface area contributed by atoms with Crippen LogP contribution >= 0.6 is 0 Å². The number of rotatable bonds is 4. The van der Waals surface area contributed by atoms with Gasteiger partial charge in [-0.1, -0.05) is 12.1 Å². The van der Waals surface area contributed by atoms with Crippen molar-refractivity contribution in [3.63, 3.8) is 0 Å².